The predicted molar refractivity (Wildman–Crippen MR) is 74.3 cm³/mol. The van der Waals surface area contributed by atoms with E-state index in [-0.39, 0.29) is 5.60 Å². The fraction of sp³-hybridized carbons (Fsp3) is 0.562. The average Bonchev–Trinajstić information content (AvgIpc) is 2.89. The van der Waals surface area contributed by atoms with Gasteiger partial charge >= 0.3 is 5.97 Å². The van der Waals surface area contributed by atoms with Crippen LogP contribution >= 0.6 is 0 Å². The molecule has 104 valence electrons. The zero-order chi connectivity index (χ0) is 14.1. The predicted octanol–water partition coefficient (Wildman–Crippen LogP) is 3.46. The number of carboxylic acids is 1. The topological polar surface area (TPSA) is 46.5 Å². The van der Waals surface area contributed by atoms with E-state index in [0.29, 0.717) is 0 Å². The zero-order valence-electron chi connectivity index (χ0n) is 11.9. The van der Waals surface area contributed by atoms with E-state index in [2.05, 4.69) is 0 Å². The van der Waals surface area contributed by atoms with Gasteiger partial charge in [0.1, 0.15) is 0 Å². The molecule has 19 heavy (non-hydrogen) atoms. The maximum atomic E-state index is 11.6. The highest BCUT2D eigenvalue weighted by atomic mass is 16.5. The number of benzene rings is 1. The fourth-order valence-corrected chi connectivity index (χ4v) is 2.91. The quantitative estimate of drug-likeness (QED) is 0.903. The van der Waals surface area contributed by atoms with E-state index in [0.717, 1.165) is 36.8 Å². The first kappa shape index (κ1) is 14.1. The molecular weight excluding hydrogens is 240 g/mol. The van der Waals surface area contributed by atoms with Gasteiger partial charge in [0, 0.05) is 7.11 Å². The average molecular weight is 262 g/mol. The number of ether oxygens (including phenoxy) is 1. The van der Waals surface area contributed by atoms with E-state index in [1.807, 2.05) is 38.1 Å². The third-order valence-electron chi connectivity index (χ3n) is 4.51. The van der Waals surface area contributed by atoms with Gasteiger partial charge in [0.15, 0.2) is 0 Å². The molecule has 1 aromatic rings. The van der Waals surface area contributed by atoms with Gasteiger partial charge in [0.2, 0.25) is 0 Å². The first-order valence-corrected chi connectivity index (χ1v) is 6.82. The Balaban J connectivity index is 2.34. The van der Waals surface area contributed by atoms with Gasteiger partial charge in [-0.05, 0) is 37.8 Å². The number of methoxy groups -OCH3 is 1. The highest BCUT2D eigenvalue weighted by Gasteiger charge is 2.42. The largest absolute Gasteiger partial charge is 0.481 e. The van der Waals surface area contributed by atoms with Crippen molar-refractivity contribution < 1.29 is 14.6 Å². The Hall–Kier alpha value is -1.35. The molecule has 1 aromatic carbocycles. The van der Waals surface area contributed by atoms with Crippen molar-refractivity contribution in [2.24, 2.45) is 0 Å². The van der Waals surface area contributed by atoms with Crippen LogP contribution in [0.1, 0.15) is 50.7 Å². The number of aliphatic carboxylic acids is 1. The molecule has 0 aromatic heterocycles. The molecule has 1 N–H and O–H groups in total. The first-order chi connectivity index (χ1) is 8.92. The van der Waals surface area contributed by atoms with Crippen LogP contribution in [0.15, 0.2) is 24.3 Å². The van der Waals surface area contributed by atoms with E-state index >= 15 is 0 Å². The molecular formula is C16H22O3. The van der Waals surface area contributed by atoms with Crippen molar-refractivity contribution in [3.63, 3.8) is 0 Å². The molecule has 1 aliphatic rings. The van der Waals surface area contributed by atoms with Gasteiger partial charge in [-0.1, -0.05) is 37.1 Å². The Bertz CT molecular complexity index is 453. The smallest absolute Gasteiger partial charge is 0.314 e. The van der Waals surface area contributed by atoms with E-state index < -0.39 is 11.4 Å². The molecule has 3 heteroatoms. The molecule has 1 saturated carbocycles. The minimum Gasteiger partial charge on any atom is -0.481 e. The van der Waals surface area contributed by atoms with Crippen LogP contribution in [-0.4, -0.2) is 18.2 Å². The Morgan fingerprint density at radius 2 is 1.74 bits per heavy atom. The Kier molecular flexibility index (Phi) is 3.68. The first-order valence-electron chi connectivity index (χ1n) is 6.82. The van der Waals surface area contributed by atoms with Crippen LogP contribution < -0.4 is 0 Å². The Labute approximate surface area is 114 Å². The van der Waals surface area contributed by atoms with Gasteiger partial charge in [0.25, 0.3) is 0 Å². The van der Waals surface area contributed by atoms with Crippen molar-refractivity contribution in [1.29, 1.82) is 0 Å². The van der Waals surface area contributed by atoms with Crippen molar-refractivity contribution in [2.45, 2.75) is 50.5 Å². The van der Waals surface area contributed by atoms with Crippen LogP contribution in [0.2, 0.25) is 0 Å². The van der Waals surface area contributed by atoms with Crippen molar-refractivity contribution in [3.8, 4) is 0 Å². The molecule has 0 radical (unpaired) electrons. The van der Waals surface area contributed by atoms with Crippen molar-refractivity contribution in [2.75, 3.05) is 7.11 Å². The van der Waals surface area contributed by atoms with E-state index in [1.165, 1.54) is 0 Å². The summed E-state index contributed by atoms with van der Waals surface area (Å²) in [6, 6.07) is 7.88. The van der Waals surface area contributed by atoms with Gasteiger partial charge in [0.05, 0.1) is 11.0 Å². The second-order valence-electron chi connectivity index (χ2n) is 5.89. The van der Waals surface area contributed by atoms with E-state index in [4.69, 9.17) is 4.74 Å². The summed E-state index contributed by atoms with van der Waals surface area (Å²) >= 11 is 0. The molecule has 3 nitrogen and oxygen atoms in total. The number of carboxylic acid groups (broad SMARTS) is 1. The van der Waals surface area contributed by atoms with Gasteiger partial charge < -0.3 is 9.84 Å². The van der Waals surface area contributed by atoms with E-state index in [1.54, 1.807) is 7.11 Å². The molecule has 0 unspecified atom stereocenters. The second-order valence-corrected chi connectivity index (χ2v) is 5.89. The van der Waals surface area contributed by atoms with Crippen LogP contribution in [0, 0.1) is 0 Å². The summed E-state index contributed by atoms with van der Waals surface area (Å²) in [5.74, 6) is -0.691. The normalized spacial score (nSPS) is 18.5. The summed E-state index contributed by atoms with van der Waals surface area (Å²) in [5.41, 5.74) is 0.978. The lowest BCUT2D eigenvalue weighted by Gasteiger charge is -2.27. The van der Waals surface area contributed by atoms with Gasteiger partial charge in [-0.25, -0.2) is 0 Å². The monoisotopic (exact) mass is 262 g/mol. The van der Waals surface area contributed by atoms with Crippen molar-refractivity contribution in [1.82, 2.24) is 0 Å². The third-order valence-corrected chi connectivity index (χ3v) is 4.51. The number of carbonyl (C=O) groups is 1. The molecule has 0 bridgehead atoms. The lowest BCUT2D eigenvalue weighted by molar-refractivity contribution is -0.143. The summed E-state index contributed by atoms with van der Waals surface area (Å²) in [6.45, 7) is 4.01. The maximum absolute atomic E-state index is 11.6. The second kappa shape index (κ2) is 4.97. The molecule has 1 fully saturated rings. The lowest BCUT2D eigenvalue weighted by atomic mass is 9.78. The van der Waals surface area contributed by atoms with Gasteiger partial charge in [-0.2, -0.15) is 0 Å². The highest BCUT2D eigenvalue weighted by Crippen LogP contribution is 2.41. The number of rotatable bonds is 4. The molecule has 2 rings (SSSR count). The summed E-state index contributed by atoms with van der Waals surface area (Å²) in [5, 5.41) is 9.57. The third kappa shape index (κ3) is 2.39. The van der Waals surface area contributed by atoms with Crippen LogP contribution in [0.3, 0.4) is 0 Å². The Morgan fingerprint density at radius 3 is 2.16 bits per heavy atom. The maximum Gasteiger partial charge on any atom is 0.314 e. The van der Waals surface area contributed by atoms with Crippen LogP contribution in [-0.2, 0) is 20.5 Å². The standard InChI is InChI=1S/C16H22O3/c1-15(2,19-3)12-6-8-13(9-7-12)16(14(17)18)10-4-5-11-16/h6-9H,4-5,10-11H2,1-3H3,(H,17,18). The SMILES string of the molecule is COC(C)(C)c1ccc(C2(C(=O)O)CCCC2)cc1. The lowest BCUT2D eigenvalue weighted by Crippen LogP contribution is -2.32. The van der Waals surface area contributed by atoms with Crippen molar-refractivity contribution >= 4 is 5.97 Å². The van der Waals surface area contributed by atoms with Crippen molar-refractivity contribution in [3.05, 3.63) is 35.4 Å². The summed E-state index contributed by atoms with van der Waals surface area (Å²) in [4.78, 5) is 11.6. The molecule has 0 heterocycles. The summed E-state index contributed by atoms with van der Waals surface area (Å²) in [6.07, 6.45) is 3.49. The van der Waals surface area contributed by atoms with Crippen LogP contribution in [0.4, 0.5) is 0 Å². The number of hydrogen-bond donors (Lipinski definition) is 1. The molecule has 1 aliphatic carbocycles. The molecule has 0 atom stereocenters. The minimum atomic E-state index is -0.691. The highest BCUT2D eigenvalue weighted by molar-refractivity contribution is 5.81. The van der Waals surface area contributed by atoms with Gasteiger partial charge in [-0.15, -0.1) is 0 Å². The Morgan fingerprint density at radius 1 is 1.21 bits per heavy atom. The molecule has 0 amide bonds. The molecule has 0 saturated heterocycles. The molecule has 0 spiro atoms. The van der Waals surface area contributed by atoms with E-state index in [9.17, 15) is 9.90 Å². The van der Waals surface area contributed by atoms with Crippen LogP contribution in [0.25, 0.3) is 0 Å². The zero-order valence-corrected chi connectivity index (χ0v) is 11.9. The minimum absolute atomic E-state index is 0.343. The van der Waals surface area contributed by atoms with Crippen LogP contribution in [0.5, 0.6) is 0 Å². The fourth-order valence-electron chi connectivity index (χ4n) is 2.91. The summed E-state index contributed by atoms with van der Waals surface area (Å²) < 4.78 is 5.45. The molecule has 0 aliphatic heterocycles. The number of hydrogen-bond acceptors (Lipinski definition) is 2. The summed E-state index contributed by atoms with van der Waals surface area (Å²) in [7, 11) is 1.68. The van der Waals surface area contributed by atoms with Gasteiger partial charge in [-0.3, -0.25) is 4.79 Å².